The lowest BCUT2D eigenvalue weighted by molar-refractivity contribution is -0.669. The highest BCUT2D eigenvalue weighted by Gasteiger charge is 2.17. The lowest BCUT2D eigenvalue weighted by atomic mass is 10.2. The number of rotatable bonds is 2. The second kappa shape index (κ2) is 4.54. The van der Waals surface area contributed by atoms with E-state index in [1.165, 1.54) is 17.8 Å². The topological polar surface area (TPSA) is 79.0 Å². The van der Waals surface area contributed by atoms with Crippen LogP contribution in [0, 0.1) is 0 Å². The van der Waals surface area contributed by atoms with Gasteiger partial charge in [-0.05, 0) is 22.1 Å². The molecule has 0 saturated carbocycles. The van der Waals surface area contributed by atoms with Crippen molar-refractivity contribution >= 4 is 27.5 Å². The summed E-state index contributed by atoms with van der Waals surface area (Å²) >= 11 is 3.32. The lowest BCUT2D eigenvalue weighted by Gasteiger charge is -2.03. The molecule has 0 fully saturated rings. The summed E-state index contributed by atoms with van der Waals surface area (Å²) in [6, 6.07) is 5.25. The fraction of sp³-hybridized carbons (Fsp3) is 0.100. The molecule has 17 heavy (non-hydrogen) atoms. The van der Waals surface area contributed by atoms with Crippen LogP contribution in [0.15, 0.2) is 38.2 Å². The molecular weight excluding hydrogens is 290 g/mol. The van der Waals surface area contributed by atoms with Gasteiger partial charge in [0.25, 0.3) is 11.9 Å². The molecule has 1 aromatic carbocycles. The molecule has 0 aliphatic heterocycles. The Hall–Kier alpha value is -1.89. The number of aromatic nitrogens is 2. The van der Waals surface area contributed by atoms with Gasteiger partial charge in [0, 0.05) is 17.5 Å². The summed E-state index contributed by atoms with van der Waals surface area (Å²) in [6.45, 7) is 1.41. The van der Waals surface area contributed by atoms with E-state index in [0.29, 0.717) is 11.4 Å². The van der Waals surface area contributed by atoms with Crippen LogP contribution in [-0.2, 0) is 4.79 Å². The molecule has 2 N–H and O–H groups in total. The Morgan fingerprint density at radius 3 is 2.88 bits per heavy atom. The summed E-state index contributed by atoms with van der Waals surface area (Å²) in [4.78, 5) is 22.0. The van der Waals surface area contributed by atoms with Gasteiger partial charge >= 0.3 is 5.63 Å². The zero-order valence-corrected chi connectivity index (χ0v) is 10.4. The van der Waals surface area contributed by atoms with Crippen LogP contribution >= 0.6 is 15.9 Å². The number of benzene rings is 1. The summed E-state index contributed by atoms with van der Waals surface area (Å²) in [5.41, 5.74) is 0.668. The quantitative estimate of drug-likeness (QED) is 0.811. The van der Waals surface area contributed by atoms with Crippen molar-refractivity contribution in [1.29, 1.82) is 0 Å². The minimum atomic E-state index is -0.501. The molecule has 0 unspecified atom stereocenters. The van der Waals surface area contributed by atoms with Gasteiger partial charge in [-0.1, -0.05) is 15.9 Å². The fourth-order valence-corrected chi connectivity index (χ4v) is 1.72. The molecule has 1 amide bonds. The van der Waals surface area contributed by atoms with Crippen LogP contribution in [-0.4, -0.2) is 11.2 Å². The van der Waals surface area contributed by atoms with Gasteiger partial charge in [-0.25, -0.2) is 4.79 Å². The standard InChI is InChI=1S/C10H8BrN3O3/c1-6(15)12-8-3-2-7(11)4-9(8)14-5-10(16)17-13-14/h2-5H,1H3,(H-,12,13,15,16)/p+1. The van der Waals surface area contributed by atoms with Crippen molar-refractivity contribution in [1.82, 2.24) is 5.27 Å². The third-order valence-corrected chi connectivity index (χ3v) is 2.50. The van der Waals surface area contributed by atoms with E-state index in [1.807, 2.05) is 0 Å². The van der Waals surface area contributed by atoms with E-state index >= 15 is 0 Å². The van der Waals surface area contributed by atoms with Crippen molar-refractivity contribution in [3.63, 3.8) is 0 Å². The first-order valence-corrected chi connectivity index (χ1v) is 5.53. The van der Waals surface area contributed by atoms with Crippen molar-refractivity contribution < 1.29 is 14.0 Å². The summed E-state index contributed by atoms with van der Waals surface area (Å²) in [5.74, 6) is -0.194. The predicted octanol–water partition coefficient (Wildman–Crippen LogP) is 0.965. The fourth-order valence-electron chi connectivity index (χ4n) is 1.37. The highest BCUT2D eigenvalue weighted by molar-refractivity contribution is 9.10. The summed E-state index contributed by atoms with van der Waals surface area (Å²) in [7, 11) is 0. The Balaban J connectivity index is 2.53. The SMILES string of the molecule is CC(=O)Nc1ccc(Br)cc1-[n+]1cc(=O)o[nH]1. The van der Waals surface area contributed by atoms with Crippen LogP contribution in [0.3, 0.4) is 0 Å². The van der Waals surface area contributed by atoms with E-state index in [4.69, 9.17) is 0 Å². The maximum atomic E-state index is 11.1. The molecule has 1 heterocycles. The number of anilines is 1. The van der Waals surface area contributed by atoms with Crippen molar-refractivity contribution in [2.45, 2.75) is 6.92 Å². The summed E-state index contributed by atoms with van der Waals surface area (Å²) in [5, 5.41) is 5.08. The van der Waals surface area contributed by atoms with Gasteiger partial charge in [0.2, 0.25) is 5.91 Å². The van der Waals surface area contributed by atoms with E-state index in [9.17, 15) is 9.59 Å². The first kappa shape index (κ1) is 11.6. The third kappa shape index (κ3) is 2.62. The number of hydrogen-bond acceptors (Lipinski definition) is 3. The number of nitrogens with one attached hydrogen (secondary N) is 2. The second-order valence-corrected chi connectivity index (χ2v) is 4.27. The molecule has 0 bridgehead atoms. The molecular formula is C10H9BrN3O3+. The molecule has 6 nitrogen and oxygen atoms in total. The van der Waals surface area contributed by atoms with Gasteiger partial charge in [-0.3, -0.25) is 9.32 Å². The molecule has 0 aliphatic carbocycles. The maximum Gasteiger partial charge on any atom is 0.427 e. The molecule has 0 aliphatic rings. The zero-order valence-electron chi connectivity index (χ0n) is 8.86. The van der Waals surface area contributed by atoms with Crippen molar-refractivity contribution in [2.24, 2.45) is 0 Å². The normalized spacial score (nSPS) is 10.2. The lowest BCUT2D eigenvalue weighted by Crippen LogP contribution is -2.33. The van der Waals surface area contributed by atoms with Crippen molar-refractivity contribution in [3.8, 4) is 5.69 Å². The number of hydrogen-bond donors (Lipinski definition) is 2. The Morgan fingerprint density at radius 1 is 1.53 bits per heavy atom. The Morgan fingerprint density at radius 2 is 2.29 bits per heavy atom. The number of amides is 1. The van der Waals surface area contributed by atoms with Gasteiger partial charge in [-0.2, -0.15) is 0 Å². The van der Waals surface area contributed by atoms with Gasteiger partial charge < -0.3 is 5.32 Å². The van der Waals surface area contributed by atoms with E-state index < -0.39 is 5.63 Å². The smallest absolute Gasteiger partial charge is 0.321 e. The number of H-pyrrole nitrogens is 1. The number of halogens is 1. The first-order chi connectivity index (χ1) is 8.06. The van der Waals surface area contributed by atoms with E-state index in [2.05, 4.69) is 31.0 Å². The maximum absolute atomic E-state index is 11.1. The monoisotopic (exact) mass is 298 g/mol. The summed E-state index contributed by atoms with van der Waals surface area (Å²) in [6.07, 6.45) is 1.24. The Labute approximate surface area is 104 Å². The van der Waals surface area contributed by atoms with E-state index in [1.54, 1.807) is 18.2 Å². The largest absolute Gasteiger partial charge is 0.427 e. The number of carbonyl (C=O) groups is 1. The molecule has 7 heteroatoms. The van der Waals surface area contributed by atoms with Gasteiger partial charge in [0.05, 0.1) is 0 Å². The van der Waals surface area contributed by atoms with Crippen LogP contribution in [0.4, 0.5) is 5.69 Å². The summed E-state index contributed by atoms with van der Waals surface area (Å²) < 4.78 is 6.78. The number of nitrogens with zero attached hydrogens (tertiary/aromatic N) is 1. The predicted molar refractivity (Wildman–Crippen MR) is 62.9 cm³/mol. The molecule has 1 aromatic heterocycles. The Kier molecular flexibility index (Phi) is 3.10. The molecule has 0 spiro atoms. The van der Waals surface area contributed by atoms with Crippen LogP contribution < -0.4 is 15.6 Å². The number of aromatic amines is 1. The molecule has 88 valence electrons. The third-order valence-electron chi connectivity index (χ3n) is 2.01. The molecule has 2 rings (SSSR count). The van der Waals surface area contributed by atoms with Crippen LogP contribution in [0.25, 0.3) is 5.69 Å². The first-order valence-electron chi connectivity index (χ1n) is 4.74. The van der Waals surface area contributed by atoms with Gasteiger partial charge in [0.1, 0.15) is 5.69 Å². The van der Waals surface area contributed by atoms with E-state index in [-0.39, 0.29) is 5.91 Å². The zero-order chi connectivity index (χ0) is 12.4. The second-order valence-electron chi connectivity index (χ2n) is 3.35. The van der Waals surface area contributed by atoms with Crippen LogP contribution in [0.2, 0.25) is 0 Å². The van der Waals surface area contributed by atoms with Gasteiger partial charge in [0.15, 0.2) is 0 Å². The molecule has 0 radical (unpaired) electrons. The van der Waals surface area contributed by atoms with Crippen LogP contribution in [0.5, 0.6) is 0 Å². The van der Waals surface area contributed by atoms with Gasteiger partial charge in [-0.15, -0.1) is 0 Å². The Bertz CT molecular complexity index is 617. The van der Waals surface area contributed by atoms with Crippen molar-refractivity contribution in [2.75, 3.05) is 5.32 Å². The average Bonchev–Trinajstić information content (AvgIpc) is 2.67. The van der Waals surface area contributed by atoms with Crippen molar-refractivity contribution in [3.05, 3.63) is 39.3 Å². The number of carbonyl (C=O) groups excluding carboxylic acids is 1. The van der Waals surface area contributed by atoms with E-state index in [0.717, 1.165) is 4.47 Å². The molecule has 2 aromatic rings. The molecule has 0 saturated heterocycles. The molecule has 0 atom stereocenters. The average molecular weight is 299 g/mol. The minimum Gasteiger partial charge on any atom is -0.321 e. The highest BCUT2D eigenvalue weighted by Crippen LogP contribution is 2.20. The minimum absolute atomic E-state index is 0.194. The van der Waals surface area contributed by atoms with Crippen LogP contribution in [0.1, 0.15) is 6.92 Å². The highest BCUT2D eigenvalue weighted by atomic mass is 79.9.